The van der Waals surface area contributed by atoms with Crippen LogP contribution in [0.4, 0.5) is 11.6 Å². The first-order valence-corrected chi connectivity index (χ1v) is 6.62. The number of nitro groups is 1. The Morgan fingerprint density at radius 2 is 1.96 bits per heavy atom. The fraction of sp³-hybridized carbons (Fsp3) is 0.286. The van der Waals surface area contributed by atoms with E-state index >= 15 is 0 Å². The quantitative estimate of drug-likeness (QED) is 0.355. The molecule has 2 rings (SSSR count). The molecule has 1 heterocycles. The van der Waals surface area contributed by atoms with Crippen LogP contribution in [0.3, 0.4) is 0 Å². The van der Waals surface area contributed by atoms with Crippen molar-refractivity contribution in [3.05, 3.63) is 45.5 Å². The Morgan fingerprint density at radius 1 is 1.30 bits per heavy atom. The average Bonchev–Trinajstić information content (AvgIpc) is 2.51. The zero-order valence-corrected chi connectivity index (χ0v) is 12.8. The summed E-state index contributed by atoms with van der Waals surface area (Å²) in [6.45, 7) is 3.50. The number of nitro benzene ring substituents is 1. The summed E-state index contributed by atoms with van der Waals surface area (Å²) in [5.41, 5.74) is 0.403. The fourth-order valence-corrected chi connectivity index (χ4v) is 2.03. The standard InChI is InChI=1S/C14H14N6O3/c1-9-16-10(2)18-14(17-9)19(8-15)7-11-4-5-13(23-3)12(6-11)20(21)22/h4-6H,7H2,1-3H3. The van der Waals surface area contributed by atoms with Gasteiger partial charge in [0.2, 0.25) is 5.95 Å². The van der Waals surface area contributed by atoms with Gasteiger partial charge in [-0.1, -0.05) is 6.07 Å². The molecule has 0 aliphatic heterocycles. The van der Waals surface area contributed by atoms with Gasteiger partial charge in [0.15, 0.2) is 11.9 Å². The minimum absolute atomic E-state index is 0.101. The Hall–Kier alpha value is -3.28. The van der Waals surface area contributed by atoms with Crippen molar-refractivity contribution < 1.29 is 9.66 Å². The largest absolute Gasteiger partial charge is 0.490 e. The average molecular weight is 314 g/mol. The molecule has 1 aromatic carbocycles. The molecule has 0 aliphatic carbocycles. The van der Waals surface area contributed by atoms with Crippen LogP contribution in [0.5, 0.6) is 5.75 Å². The third-order valence-electron chi connectivity index (χ3n) is 2.99. The number of hydrogen-bond acceptors (Lipinski definition) is 8. The predicted octanol–water partition coefficient (Wildman–Crippen LogP) is 1.89. The lowest BCUT2D eigenvalue weighted by Crippen LogP contribution is -2.20. The number of hydrogen-bond donors (Lipinski definition) is 0. The van der Waals surface area contributed by atoms with Crippen molar-refractivity contribution in [3.8, 4) is 11.9 Å². The van der Waals surface area contributed by atoms with E-state index in [0.717, 1.165) is 0 Å². The Kier molecular flexibility index (Phi) is 4.66. The Labute approximate surface area is 132 Å². The number of nitriles is 1. The van der Waals surface area contributed by atoms with Crippen LogP contribution >= 0.6 is 0 Å². The third kappa shape index (κ3) is 3.68. The van der Waals surface area contributed by atoms with Crippen molar-refractivity contribution in [2.75, 3.05) is 12.0 Å². The van der Waals surface area contributed by atoms with E-state index in [2.05, 4.69) is 15.0 Å². The van der Waals surface area contributed by atoms with Crippen LogP contribution in [0.2, 0.25) is 0 Å². The molecule has 0 amide bonds. The molecular formula is C14H14N6O3. The van der Waals surface area contributed by atoms with E-state index in [1.807, 2.05) is 6.19 Å². The summed E-state index contributed by atoms with van der Waals surface area (Å²) in [6.07, 6.45) is 1.98. The maximum Gasteiger partial charge on any atom is 0.311 e. The molecule has 0 saturated heterocycles. The molecule has 0 unspecified atom stereocenters. The molecule has 0 fully saturated rings. The van der Waals surface area contributed by atoms with Gasteiger partial charge in [-0.25, -0.2) is 9.88 Å². The van der Waals surface area contributed by atoms with Gasteiger partial charge in [-0.2, -0.15) is 15.2 Å². The predicted molar refractivity (Wildman–Crippen MR) is 80.7 cm³/mol. The number of aryl methyl sites for hydroxylation is 2. The zero-order valence-electron chi connectivity index (χ0n) is 12.8. The lowest BCUT2D eigenvalue weighted by atomic mass is 10.2. The highest BCUT2D eigenvalue weighted by atomic mass is 16.6. The molecule has 1 aromatic heterocycles. The number of methoxy groups -OCH3 is 1. The van der Waals surface area contributed by atoms with E-state index in [-0.39, 0.29) is 23.9 Å². The Morgan fingerprint density at radius 3 is 2.48 bits per heavy atom. The summed E-state index contributed by atoms with van der Waals surface area (Å²) in [5.74, 6) is 1.35. The van der Waals surface area contributed by atoms with Gasteiger partial charge in [0.05, 0.1) is 18.6 Å². The minimum atomic E-state index is -0.531. The molecule has 0 atom stereocenters. The maximum atomic E-state index is 11.1. The van der Waals surface area contributed by atoms with Crippen LogP contribution in [-0.2, 0) is 6.54 Å². The van der Waals surface area contributed by atoms with Crippen LogP contribution in [-0.4, -0.2) is 27.0 Å². The van der Waals surface area contributed by atoms with Gasteiger partial charge >= 0.3 is 5.69 Å². The molecule has 0 N–H and O–H groups in total. The molecule has 23 heavy (non-hydrogen) atoms. The van der Waals surface area contributed by atoms with E-state index in [9.17, 15) is 15.4 Å². The van der Waals surface area contributed by atoms with Gasteiger partial charge in [-0.3, -0.25) is 10.1 Å². The fourth-order valence-electron chi connectivity index (χ4n) is 2.03. The van der Waals surface area contributed by atoms with Crippen LogP contribution in [0.15, 0.2) is 18.2 Å². The monoisotopic (exact) mass is 314 g/mol. The molecule has 0 spiro atoms. The van der Waals surface area contributed by atoms with Gasteiger partial charge < -0.3 is 4.74 Å². The molecule has 0 radical (unpaired) electrons. The molecule has 0 bridgehead atoms. The summed E-state index contributed by atoms with van der Waals surface area (Å²) >= 11 is 0. The molecule has 9 heteroatoms. The smallest absolute Gasteiger partial charge is 0.311 e. The highest BCUT2D eigenvalue weighted by molar-refractivity contribution is 5.50. The summed E-state index contributed by atoms with van der Waals surface area (Å²) < 4.78 is 4.96. The SMILES string of the molecule is COc1ccc(CN(C#N)c2nc(C)nc(C)n2)cc1[N+](=O)[O-]. The first kappa shape index (κ1) is 16.1. The maximum absolute atomic E-state index is 11.1. The van der Waals surface area contributed by atoms with Crippen molar-refractivity contribution in [1.82, 2.24) is 15.0 Å². The van der Waals surface area contributed by atoms with Crippen LogP contribution in [0, 0.1) is 35.4 Å². The highest BCUT2D eigenvalue weighted by Crippen LogP contribution is 2.28. The van der Waals surface area contributed by atoms with Crippen molar-refractivity contribution in [2.45, 2.75) is 20.4 Å². The Bertz CT molecular complexity index is 766. The summed E-state index contributed by atoms with van der Waals surface area (Å²) in [6, 6.07) is 4.51. The number of rotatable bonds is 5. The van der Waals surface area contributed by atoms with Crippen LogP contribution < -0.4 is 9.64 Å². The summed E-state index contributed by atoms with van der Waals surface area (Å²) in [4.78, 5) is 24.1. The molecule has 118 valence electrons. The second-order valence-corrected chi connectivity index (χ2v) is 4.68. The van der Waals surface area contributed by atoms with Crippen molar-refractivity contribution >= 4 is 11.6 Å². The third-order valence-corrected chi connectivity index (χ3v) is 2.99. The zero-order chi connectivity index (χ0) is 17.0. The van der Waals surface area contributed by atoms with Gasteiger partial charge in [-0.05, 0) is 25.5 Å². The second kappa shape index (κ2) is 6.65. The van der Waals surface area contributed by atoms with Crippen LogP contribution in [0.1, 0.15) is 17.2 Å². The highest BCUT2D eigenvalue weighted by Gasteiger charge is 2.18. The second-order valence-electron chi connectivity index (χ2n) is 4.68. The lowest BCUT2D eigenvalue weighted by molar-refractivity contribution is -0.385. The number of nitrogens with zero attached hydrogens (tertiary/aromatic N) is 6. The molecule has 2 aromatic rings. The Balaban J connectivity index is 2.34. The van der Waals surface area contributed by atoms with E-state index in [1.165, 1.54) is 24.1 Å². The van der Waals surface area contributed by atoms with E-state index in [0.29, 0.717) is 17.2 Å². The number of benzene rings is 1. The van der Waals surface area contributed by atoms with Gasteiger partial charge in [0.1, 0.15) is 11.6 Å². The molecule has 0 saturated carbocycles. The first-order valence-electron chi connectivity index (χ1n) is 6.62. The van der Waals surface area contributed by atoms with Crippen molar-refractivity contribution in [3.63, 3.8) is 0 Å². The number of aromatic nitrogens is 3. The topological polar surface area (TPSA) is 118 Å². The van der Waals surface area contributed by atoms with Crippen LogP contribution in [0.25, 0.3) is 0 Å². The van der Waals surface area contributed by atoms with Crippen molar-refractivity contribution in [1.29, 1.82) is 5.26 Å². The first-order chi connectivity index (χ1) is 10.9. The molecule has 0 aliphatic rings. The number of ether oxygens (including phenoxy) is 1. The van der Waals surface area contributed by atoms with E-state index < -0.39 is 4.92 Å². The molecule has 9 nitrogen and oxygen atoms in total. The summed E-state index contributed by atoms with van der Waals surface area (Å²) in [5, 5.41) is 20.4. The van der Waals surface area contributed by atoms with Gasteiger partial charge in [0.25, 0.3) is 0 Å². The van der Waals surface area contributed by atoms with Crippen molar-refractivity contribution in [2.24, 2.45) is 0 Å². The van der Waals surface area contributed by atoms with E-state index in [1.54, 1.807) is 19.9 Å². The minimum Gasteiger partial charge on any atom is -0.490 e. The van der Waals surface area contributed by atoms with Gasteiger partial charge in [-0.15, -0.1) is 0 Å². The number of anilines is 1. The van der Waals surface area contributed by atoms with Gasteiger partial charge in [0, 0.05) is 6.07 Å². The van der Waals surface area contributed by atoms with E-state index in [4.69, 9.17) is 4.74 Å². The lowest BCUT2D eigenvalue weighted by Gasteiger charge is -2.14. The summed E-state index contributed by atoms with van der Waals surface area (Å²) in [7, 11) is 1.36. The molecular weight excluding hydrogens is 300 g/mol. The normalized spacial score (nSPS) is 10.0.